The van der Waals surface area contributed by atoms with Crippen molar-refractivity contribution >= 4 is 10.0 Å². The minimum absolute atomic E-state index is 0.0430. The van der Waals surface area contributed by atoms with Crippen LogP contribution in [0.25, 0.3) is 0 Å². The molecule has 6 nitrogen and oxygen atoms in total. The number of nitriles is 2. The molecule has 0 aliphatic carbocycles. The van der Waals surface area contributed by atoms with Gasteiger partial charge in [-0.3, -0.25) is 0 Å². The number of hydrogen-bond donors (Lipinski definition) is 0. The summed E-state index contributed by atoms with van der Waals surface area (Å²) in [5.41, 5.74) is -0.283. The molecule has 1 aromatic carbocycles. The van der Waals surface area contributed by atoms with Crippen molar-refractivity contribution in [3.8, 4) is 12.1 Å². The first-order valence-corrected chi connectivity index (χ1v) is 6.24. The van der Waals surface area contributed by atoms with Gasteiger partial charge in [0.05, 0.1) is 11.1 Å². The fourth-order valence-corrected chi connectivity index (χ4v) is 2.49. The summed E-state index contributed by atoms with van der Waals surface area (Å²) < 4.78 is 24.9. The van der Waals surface area contributed by atoms with Gasteiger partial charge in [0.15, 0.2) is 5.69 Å². The second-order valence-electron chi connectivity index (χ2n) is 3.31. The molecule has 0 spiro atoms. The summed E-state index contributed by atoms with van der Waals surface area (Å²) in [6.07, 6.45) is 1.03. The maximum absolute atomic E-state index is 12.1. The Kier molecular flexibility index (Phi) is 2.84. The maximum atomic E-state index is 12.1. The number of hydrogen-bond acceptors (Lipinski definition) is 5. The van der Waals surface area contributed by atoms with Gasteiger partial charge in [-0.15, -0.1) is 5.10 Å². The summed E-state index contributed by atoms with van der Waals surface area (Å²) in [6, 6.07) is 11.1. The zero-order valence-corrected chi connectivity index (χ0v) is 9.79. The van der Waals surface area contributed by atoms with E-state index >= 15 is 0 Å². The van der Waals surface area contributed by atoms with Crippen molar-refractivity contribution in [3.05, 3.63) is 47.8 Å². The van der Waals surface area contributed by atoms with E-state index in [1.54, 1.807) is 30.3 Å². The molecule has 0 unspecified atom stereocenters. The van der Waals surface area contributed by atoms with Gasteiger partial charge in [0.25, 0.3) is 10.0 Å². The second kappa shape index (κ2) is 4.32. The van der Waals surface area contributed by atoms with Crippen molar-refractivity contribution in [2.24, 2.45) is 0 Å². The molecule has 1 heterocycles. The molecule has 0 amide bonds. The molecule has 0 saturated heterocycles. The lowest BCUT2D eigenvalue weighted by Crippen LogP contribution is -2.13. The van der Waals surface area contributed by atoms with Crippen molar-refractivity contribution in [1.82, 2.24) is 9.19 Å². The van der Waals surface area contributed by atoms with Crippen LogP contribution in [-0.2, 0) is 10.0 Å². The highest BCUT2D eigenvalue weighted by atomic mass is 32.2. The van der Waals surface area contributed by atoms with Crippen LogP contribution in [0.5, 0.6) is 0 Å². The average molecular weight is 258 g/mol. The van der Waals surface area contributed by atoms with Crippen molar-refractivity contribution in [3.63, 3.8) is 0 Å². The van der Waals surface area contributed by atoms with E-state index in [0.29, 0.717) is 4.09 Å². The molecule has 18 heavy (non-hydrogen) atoms. The van der Waals surface area contributed by atoms with E-state index in [9.17, 15) is 8.42 Å². The highest BCUT2D eigenvalue weighted by Crippen LogP contribution is 2.14. The van der Waals surface area contributed by atoms with Crippen molar-refractivity contribution in [2.75, 3.05) is 0 Å². The van der Waals surface area contributed by atoms with Crippen LogP contribution in [0.15, 0.2) is 41.4 Å². The summed E-state index contributed by atoms with van der Waals surface area (Å²) in [5.74, 6) is 0. The first kappa shape index (κ1) is 11.8. The Hall–Kier alpha value is -2.64. The lowest BCUT2D eigenvalue weighted by molar-refractivity contribution is 0.580. The number of benzene rings is 1. The zero-order valence-electron chi connectivity index (χ0n) is 8.98. The number of rotatable bonds is 2. The van der Waals surface area contributed by atoms with Crippen molar-refractivity contribution in [2.45, 2.75) is 4.90 Å². The third kappa shape index (κ3) is 1.83. The van der Waals surface area contributed by atoms with Crippen LogP contribution < -0.4 is 0 Å². The molecule has 0 aliphatic heterocycles. The molecule has 0 radical (unpaired) electrons. The zero-order chi connectivity index (χ0) is 13.2. The SMILES string of the molecule is N#Cc1cn(S(=O)(=O)c2ccccc2)nc1C#N. The predicted molar refractivity (Wildman–Crippen MR) is 60.7 cm³/mol. The van der Waals surface area contributed by atoms with Gasteiger partial charge in [-0.1, -0.05) is 18.2 Å². The van der Waals surface area contributed by atoms with Gasteiger partial charge >= 0.3 is 0 Å². The predicted octanol–water partition coefficient (Wildman–Crippen LogP) is 0.863. The van der Waals surface area contributed by atoms with E-state index in [1.165, 1.54) is 12.1 Å². The molecule has 88 valence electrons. The van der Waals surface area contributed by atoms with E-state index in [4.69, 9.17) is 10.5 Å². The smallest absolute Gasteiger partial charge is 0.199 e. The first-order valence-electron chi connectivity index (χ1n) is 4.80. The third-order valence-corrected chi connectivity index (χ3v) is 3.75. The standard InChI is InChI=1S/C11H6N4O2S/c12-6-9-8-15(14-11(9)7-13)18(16,17)10-4-2-1-3-5-10/h1-5,8H. The summed E-state index contributed by atoms with van der Waals surface area (Å²) >= 11 is 0. The van der Waals surface area contributed by atoms with Gasteiger partial charge in [0, 0.05) is 0 Å². The highest BCUT2D eigenvalue weighted by molar-refractivity contribution is 7.89. The minimum atomic E-state index is -3.86. The Bertz CT molecular complexity index is 732. The fourth-order valence-electron chi connectivity index (χ4n) is 1.34. The largest absolute Gasteiger partial charge is 0.283 e. The molecule has 0 bridgehead atoms. The Morgan fingerprint density at radius 1 is 1.11 bits per heavy atom. The van der Waals surface area contributed by atoms with E-state index in [2.05, 4.69) is 5.10 Å². The van der Waals surface area contributed by atoms with Crippen LogP contribution in [0, 0.1) is 22.7 Å². The summed E-state index contributed by atoms with van der Waals surface area (Å²) in [5, 5.41) is 21.1. The normalized spacial score (nSPS) is 10.6. The van der Waals surface area contributed by atoms with E-state index in [-0.39, 0.29) is 16.2 Å². The van der Waals surface area contributed by atoms with E-state index in [1.807, 2.05) is 0 Å². The summed E-state index contributed by atoms with van der Waals surface area (Å²) in [6.45, 7) is 0. The van der Waals surface area contributed by atoms with Crippen LogP contribution in [0.1, 0.15) is 11.3 Å². The third-order valence-electron chi connectivity index (χ3n) is 2.21. The van der Waals surface area contributed by atoms with Crippen LogP contribution >= 0.6 is 0 Å². The molecule has 0 fully saturated rings. The van der Waals surface area contributed by atoms with Crippen LogP contribution in [0.4, 0.5) is 0 Å². The Morgan fingerprint density at radius 2 is 1.78 bits per heavy atom. The van der Waals surface area contributed by atoms with E-state index in [0.717, 1.165) is 6.20 Å². The van der Waals surface area contributed by atoms with Crippen LogP contribution in [0.3, 0.4) is 0 Å². The van der Waals surface area contributed by atoms with Gasteiger partial charge in [-0.2, -0.15) is 23.0 Å². The van der Waals surface area contributed by atoms with Gasteiger partial charge in [-0.25, -0.2) is 0 Å². The topological polar surface area (TPSA) is 99.5 Å². The molecule has 2 aromatic rings. The Morgan fingerprint density at radius 3 is 2.28 bits per heavy atom. The van der Waals surface area contributed by atoms with Crippen molar-refractivity contribution < 1.29 is 8.42 Å². The van der Waals surface area contributed by atoms with Gasteiger partial charge in [-0.05, 0) is 12.1 Å². The van der Waals surface area contributed by atoms with Crippen molar-refractivity contribution in [1.29, 1.82) is 10.5 Å². The number of nitrogens with zero attached hydrogens (tertiary/aromatic N) is 4. The monoisotopic (exact) mass is 258 g/mol. The summed E-state index contributed by atoms with van der Waals surface area (Å²) in [4.78, 5) is 0.0430. The van der Waals surface area contributed by atoms with E-state index < -0.39 is 10.0 Å². The van der Waals surface area contributed by atoms with Crippen LogP contribution in [0.2, 0.25) is 0 Å². The van der Waals surface area contributed by atoms with Gasteiger partial charge in [0.2, 0.25) is 0 Å². The average Bonchev–Trinajstić information content (AvgIpc) is 2.83. The highest BCUT2D eigenvalue weighted by Gasteiger charge is 2.20. The lowest BCUT2D eigenvalue weighted by Gasteiger charge is -2.02. The molecule has 7 heteroatoms. The molecular weight excluding hydrogens is 252 g/mol. The lowest BCUT2D eigenvalue weighted by atomic mass is 10.3. The minimum Gasteiger partial charge on any atom is -0.199 e. The number of aromatic nitrogens is 2. The second-order valence-corrected chi connectivity index (χ2v) is 5.10. The summed E-state index contributed by atoms with van der Waals surface area (Å²) in [7, 11) is -3.86. The van der Waals surface area contributed by atoms with Crippen LogP contribution in [-0.4, -0.2) is 17.6 Å². The molecule has 0 aliphatic rings. The molecule has 0 atom stereocenters. The maximum Gasteiger partial charge on any atom is 0.283 e. The quantitative estimate of drug-likeness (QED) is 0.795. The molecule has 0 saturated carbocycles. The Labute approximate surface area is 103 Å². The molecular formula is C11H6N4O2S. The Balaban J connectivity index is 2.61. The molecule has 1 aromatic heterocycles. The molecule has 0 N–H and O–H groups in total. The van der Waals surface area contributed by atoms with Gasteiger partial charge in [0.1, 0.15) is 17.7 Å². The molecule has 2 rings (SSSR count). The van der Waals surface area contributed by atoms with Gasteiger partial charge < -0.3 is 0 Å². The fraction of sp³-hybridized carbons (Fsp3) is 0. The first-order chi connectivity index (χ1) is 8.59.